The molecule has 0 spiro atoms. The van der Waals surface area contributed by atoms with E-state index in [0.717, 1.165) is 15.4 Å². The van der Waals surface area contributed by atoms with E-state index in [-0.39, 0.29) is 5.91 Å². The monoisotopic (exact) mass is 472 g/mol. The summed E-state index contributed by atoms with van der Waals surface area (Å²) in [5.41, 5.74) is 2.16. The molecule has 1 amide bonds. The third-order valence-electron chi connectivity index (χ3n) is 5.13. The predicted octanol–water partition coefficient (Wildman–Crippen LogP) is 2.63. The summed E-state index contributed by atoms with van der Waals surface area (Å²) in [6, 6.07) is 4.66. The molecule has 1 aromatic carbocycles. The van der Waals surface area contributed by atoms with Crippen LogP contribution in [0.4, 0.5) is 11.6 Å². The van der Waals surface area contributed by atoms with Crippen LogP contribution in [0, 0.1) is 0 Å². The molecule has 3 N–H and O–H groups in total. The molecule has 9 nitrogen and oxygen atoms in total. The molecule has 1 saturated heterocycles. The Kier molecular flexibility index (Phi) is 5.69. The second kappa shape index (κ2) is 8.41. The molecule has 3 aromatic rings. The van der Waals surface area contributed by atoms with E-state index in [1.165, 1.54) is 6.92 Å². The lowest BCUT2D eigenvalue weighted by molar-refractivity contribution is -0.143. The largest absolute Gasteiger partial charge is 0.480 e. The van der Waals surface area contributed by atoms with Gasteiger partial charge in [0, 0.05) is 73.8 Å². The van der Waals surface area contributed by atoms with Crippen LogP contribution in [-0.4, -0.2) is 63.0 Å². The fraction of sp³-hybridized carbons (Fsp3) is 0.300. The number of hydrogen-bond donors (Lipinski definition) is 3. The van der Waals surface area contributed by atoms with Gasteiger partial charge in [-0.05, 0) is 28.1 Å². The average Bonchev–Trinajstić information content (AvgIpc) is 3.11. The number of anilines is 2. The van der Waals surface area contributed by atoms with Gasteiger partial charge in [0.05, 0.1) is 4.47 Å². The SMILES string of the molecule is CC(=O)Nc1ccc2c([C@H](C(=O)O)N3CCN(c4ncc(Br)cn4)CC3)c[nH]c2c1. The number of carboxylic acid groups (broad SMARTS) is 1. The molecule has 1 fully saturated rings. The zero-order valence-electron chi connectivity index (χ0n) is 16.3. The number of halogens is 1. The van der Waals surface area contributed by atoms with E-state index >= 15 is 0 Å². The van der Waals surface area contributed by atoms with E-state index in [4.69, 9.17) is 0 Å². The third kappa shape index (κ3) is 4.14. The Morgan fingerprint density at radius 3 is 2.53 bits per heavy atom. The van der Waals surface area contributed by atoms with Crippen molar-refractivity contribution in [3.8, 4) is 0 Å². The van der Waals surface area contributed by atoms with Crippen molar-refractivity contribution >= 4 is 50.3 Å². The fourth-order valence-corrected chi connectivity index (χ4v) is 4.00. The van der Waals surface area contributed by atoms with Gasteiger partial charge in [-0.25, -0.2) is 9.97 Å². The van der Waals surface area contributed by atoms with Crippen LogP contribution in [-0.2, 0) is 9.59 Å². The van der Waals surface area contributed by atoms with Crippen molar-refractivity contribution in [2.45, 2.75) is 13.0 Å². The van der Waals surface area contributed by atoms with E-state index < -0.39 is 12.0 Å². The summed E-state index contributed by atoms with van der Waals surface area (Å²) in [5, 5.41) is 13.6. The Bertz CT molecular complexity index is 1080. The van der Waals surface area contributed by atoms with Crippen molar-refractivity contribution in [2.24, 2.45) is 0 Å². The minimum atomic E-state index is -0.893. The Balaban J connectivity index is 1.54. The van der Waals surface area contributed by atoms with Crippen molar-refractivity contribution < 1.29 is 14.7 Å². The van der Waals surface area contributed by atoms with Gasteiger partial charge in [0.1, 0.15) is 6.04 Å². The average molecular weight is 473 g/mol. The number of aromatic amines is 1. The van der Waals surface area contributed by atoms with Gasteiger partial charge < -0.3 is 20.3 Å². The lowest BCUT2D eigenvalue weighted by Crippen LogP contribution is -2.49. The minimum Gasteiger partial charge on any atom is -0.480 e. The number of fused-ring (bicyclic) bond motifs is 1. The quantitative estimate of drug-likeness (QED) is 0.522. The molecule has 0 radical (unpaired) electrons. The van der Waals surface area contributed by atoms with E-state index in [1.54, 1.807) is 24.7 Å². The highest BCUT2D eigenvalue weighted by Gasteiger charge is 2.32. The number of amides is 1. The van der Waals surface area contributed by atoms with Crippen LogP contribution in [0.15, 0.2) is 41.3 Å². The van der Waals surface area contributed by atoms with Gasteiger partial charge in [0.25, 0.3) is 0 Å². The maximum atomic E-state index is 12.2. The highest BCUT2D eigenvalue weighted by molar-refractivity contribution is 9.10. The summed E-state index contributed by atoms with van der Waals surface area (Å²) in [7, 11) is 0. The van der Waals surface area contributed by atoms with Crippen LogP contribution >= 0.6 is 15.9 Å². The highest BCUT2D eigenvalue weighted by Crippen LogP contribution is 2.31. The summed E-state index contributed by atoms with van der Waals surface area (Å²) in [5.74, 6) is -0.408. The van der Waals surface area contributed by atoms with Crippen molar-refractivity contribution in [3.05, 3.63) is 46.8 Å². The summed E-state index contributed by atoms with van der Waals surface area (Å²) >= 11 is 3.33. The zero-order valence-corrected chi connectivity index (χ0v) is 17.9. The van der Waals surface area contributed by atoms with Gasteiger partial charge in [-0.3, -0.25) is 14.5 Å². The van der Waals surface area contributed by atoms with E-state index in [2.05, 4.69) is 41.1 Å². The molecule has 0 saturated carbocycles. The molecule has 3 heterocycles. The molecule has 2 aromatic heterocycles. The number of aliphatic carboxylic acids is 1. The first-order valence-corrected chi connectivity index (χ1v) is 10.3. The molecule has 156 valence electrons. The number of carboxylic acids is 1. The summed E-state index contributed by atoms with van der Waals surface area (Å²) < 4.78 is 0.817. The summed E-state index contributed by atoms with van der Waals surface area (Å²) in [6.45, 7) is 3.88. The van der Waals surface area contributed by atoms with Crippen LogP contribution in [0.3, 0.4) is 0 Å². The Labute approximate surface area is 181 Å². The lowest BCUT2D eigenvalue weighted by atomic mass is 10.0. The summed E-state index contributed by atoms with van der Waals surface area (Å²) in [4.78, 5) is 39.3. The number of carbonyl (C=O) groups excluding carboxylic acids is 1. The molecule has 1 atom stereocenters. The van der Waals surface area contributed by atoms with Gasteiger partial charge in [0.2, 0.25) is 11.9 Å². The first-order valence-electron chi connectivity index (χ1n) is 9.50. The number of piperazine rings is 1. The van der Waals surface area contributed by atoms with Crippen molar-refractivity contribution in [1.82, 2.24) is 19.9 Å². The predicted molar refractivity (Wildman–Crippen MR) is 116 cm³/mol. The van der Waals surface area contributed by atoms with Gasteiger partial charge in [-0.15, -0.1) is 0 Å². The molecular weight excluding hydrogens is 452 g/mol. The van der Waals surface area contributed by atoms with Crippen molar-refractivity contribution in [2.75, 3.05) is 36.4 Å². The Morgan fingerprint density at radius 2 is 1.90 bits per heavy atom. The van der Waals surface area contributed by atoms with Gasteiger partial charge in [-0.2, -0.15) is 0 Å². The maximum absolute atomic E-state index is 12.2. The van der Waals surface area contributed by atoms with Crippen molar-refractivity contribution in [1.29, 1.82) is 0 Å². The molecular formula is C20H21BrN6O3. The maximum Gasteiger partial charge on any atom is 0.325 e. The van der Waals surface area contributed by atoms with Crippen LogP contribution < -0.4 is 10.2 Å². The highest BCUT2D eigenvalue weighted by atomic mass is 79.9. The topological polar surface area (TPSA) is 114 Å². The molecule has 10 heteroatoms. The minimum absolute atomic E-state index is 0.155. The number of carbonyl (C=O) groups is 2. The summed E-state index contributed by atoms with van der Waals surface area (Å²) in [6.07, 6.45) is 5.15. The second-order valence-electron chi connectivity index (χ2n) is 7.15. The molecule has 1 aliphatic heterocycles. The van der Waals surface area contributed by atoms with Crippen LogP contribution in [0.25, 0.3) is 10.9 Å². The number of nitrogens with zero attached hydrogens (tertiary/aromatic N) is 4. The number of H-pyrrole nitrogens is 1. The Hall–Kier alpha value is -2.98. The third-order valence-corrected chi connectivity index (χ3v) is 5.54. The van der Waals surface area contributed by atoms with Gasteiger partial charge in [-0.1, -0.05) is 6.07 Å². The molecule has 0 bridgehead atoms. The van der Waals surface area contributed by atoms with Crippen LogP contribution in [0.2, 0.25) is 0 Å². The zero-order chi connectivity index (χ0) is 21.3. The van der Waals surface area contributed by atoms with Gasteiger partial charge in [0.15, 0.2) is 0 Å². The molecule has 1 aliphatic rings. The number of aromatic nitrogens is 3. The lowest BCUT2D eigenvalue weighted by Gasteiger charge is -2.37. The first kappa shape index (κ1) is 20.3. The van der Waals surface area contributed by atoms with Crippen LogP contribution in [0.1, 0.15) is 18.5 Å². The number of benzene rings is 1. The fourth-order valence-electron chi connectivity index (χ4n) is 3.79. The smallest absolute Gasteiger partial charge is 0.325 e. The standard InChI is InChI=1S/C20H21BrN6O3/c1-12(28)25-14-2-3-15-16(11-22-17(15)8-14)18(19(29)30)26-4-6-27(7-5-26)20-23-9-13(21)10-24-20/h2-3,8-11,18,22H,4-7H2,1H3,(H,25,28)(H,29,30)/t18-/m1/s1. The Morgan fingerprint density at radius 1 is 1.20 bits per heavy atom. The first-order chi connectivity index (χ1) is 14.4. The van der Waals surface area contributed by atoms with E-state index in [0.29, 0.717) is 43.4 Å². The van der Waals surface area contributed by atoms with Crippen molar-refractivity contribution in [3.63, 3.8) is 0 Å². The molecule has 0 aliphatic carbocycles. The molecule has 30 heavy (non-hydrogen) atoms. The van der Waals surface area contributed by atoms with Crippen LogP contribution in [0.5, 0.6) is 0 Å². The number of nitrogens with one attached hydrogen (secondary N) is 2. The van der Waals surface area contributed by atoms with E-state index in [9.17, 15) is 14.7 Å². The normalized spacial score (nSPS) is 15.9. The second-order valence-corrected chi connectivity index (χ2v) is 8.07. The van der Waals surface area contributed by atoms with E-state index in [1.807, 2.05) is 17.0 Å². The number of rotatable bonds is 5. The number of hydrogen-bond acceptors (Lipinski definition) is 6. The molecule has 4 rings (SSSR count). The molecule has 0 unspecified atom stereocenters. The van der Waals surface area contributed by atoms with Gasteiger partial charge >= 0.3 is 5.97 Å².